The first-order valence-electron chi connectivity index (χ1n) is 9.08. The third kappa shape index (κ3) is 4.83. The van der Waals surface area contributed by atoms with Crippen molar-refractivity contribution in [3.63, 3.8) is 0 Å². The Bertz CT molecular complexity index is 765. The van der Waals surface area contributed by atoms with Crippen molar-refractivity contribution in [3.05, 3.63) is 52.9 Å². The first-order valence-corrected chi connectivity index (χ1v) is 9.46. The lowest BCUT2D eigenvalue weighted by atomic mass is 9.80. The minimum Gasteiger partial charge on any atom is -0.255 e. The molecule has 0 saturated heterocycles. The molecule has 0 amide bonds. The van der Waals surface area contributed by atoms with E-state index in [2.05, 4.69) is 23.7 Å². The second-order valence-electron chi connectivity index (χ2n) is 6.84. The maximum Gasteiger partial charge on any atom is 0.142 e. The van der Waals surface area contributed by atoms with Crippen molar-refractivity contribution in [2.75, 3.05) is 0 Å². The van der Waals surface area contributed by atoms with Gasteiger partial charge in [-0.15, -0.1) is 0 Å². The molecule has 1 fully saturated rings. The highest BCUT2D eigenvalue weighted by Gasteiger charge is 2.18. The van der Waals surface area contributed by atoms with Crippen LogP contribution in [0.2, 0.25) is 5.02 Å². The van der Waals surface area contributed by atoms with Gasteiger partial charge in [-0.2, -0.15) is 0 Å². The van der Waals surface area contributed by atoms with Gasteiger partial charge in [0.05, 0.1) is 10.7 Å². The maximum absolute atomic E-state index is 13.6. The van der Waals surface area contributed by atoms with E-state index in [-0.39, 0.29) is 5.02 Å². The third-order valence-electron chi connectivity index (χ3n) is 4.94. The van der Waals surface area contributed by atoms with Crippen LogP contribution in [0.5, 0.6) is 0 Å². The molecule has 1 aliphatic rings. The summed E-state index contributed by atoms with van der Waals surface area (Å²) < 4.78 is 13.6. The largest absolute Gasteiger partial charge is 0.255 e. The quantitative estimate of drug-likeness (QED) is 0.572. The zero-order valence-electron chi connectivity index (χ0n) is 14.6. The molecular formula is C22H23ClFN. The number of rotatable bonds is 3. The predicted molar refractivity (Wildman–Crippen MR) is 102 cm³/mol. The normalized spacial score (nSPS) is 20.0. The summed E-state index contributed by atoms with van der Waals surface area (Å²) in [7, 11) is 0. The van der Waals surface area contributed by atoms with Crippen molar-refractivity contribution in [1.29, 1.82) is 0 Å². The van der Waals surface area contributed by atoms with Gasteiger partial charge in [0.15, 0.2) is 0 Å². The monoisotopic (exact) mass is 355 g/mol. The molecule has 0 bridgehead atoms. The predicted octanol–water partition coefficient (Wildman–Crippen LogP) is 6.50. The van der Waals surface area contributed by atoms with Crippen molar-refractivity contribution < 1.29 is 4.39 Å². The summed E-state index contributed by atoms with van der Waals surface area (Å²) in [6, 6.07) is 8.56. The fraction of sp³-hybridized carbons (Fsp3) is 0.409. The molecule has 0 atom stereocenters. The summed E-state index contributed by atoms with van der Waals surface area (Å²) in [5.41, 5.74) is 2.35. The molecule has 0 aliphatic heterocycles. The van der Waals surface area contributed by atoms with E-state index in [1.54, 1.807) is 18.3 Å². The van der Waals surface area contributed by atoms with Crippen LogP contribution in [0.15, 0.2) is 36.5 Å². The van der Waals surface area contributed by atoms with Gasteiger partial charge in [0.25, 0.3) is 0 Å². The number of nitrogens with zero attached hydrogens (tertiary/aromatic N) is 1. The van der Waals surface area contributed by atoms with Crippen LogP contribution in [0.1, 0.15) is 51.0 Å². The van der Waals surface area contributed by atoms with Crippen LogP contribution in [0, 0.1) is 29.5 Å². The van der Waals surface area contributed by atoms with E-state index < -0.39 is 5.82 Å². The summed E-state index contributed by atoms with van der Waals surface area (Å²) in [6.07, 6.45) is 9.46. The van der Waals surface area contributed by atoms with Crippen LogP contribution in [-0.4, -0.2) is 4.98 Å². The van der Waals surface area contributed by atoms with Crippen LogP contribution in [0.25, 0.3) is 11.3 Å². The van der Waals surface area contributed by atoms with E-state index in [1.165, 1.54) is 44.6 Å². The summed E-state index contributed by atoms with van der Waals surface area (Å²) in [5.74, 6) is 7.65. The fourth-order valence-electron chi connectivity index (χ4n) is 3.48. The fourth-order valence-corrected chi connectivity index (χ4v) is 3.60. The lowest BCUT2D eigenvalue weighted by molar-refractivity contribution is 0.300. The van der Waals surface area contributed by atoms with E-state index in [0.717, 1.165) is 22.7 Å². The second kappa shape index (κ2) is 8.50. The van der Waals surface area contributed by atoms with Gasteiger partial charge in [-0.25, -0.2) is 4.39 Å². The number of aromatic nitrogens is 1. The Labute approximate surface area is 154 Å². The van der Waals surface area contributed by atoms with Crippen LogP contribution in [-0.2, 0) is 0 Å². The molecule has 1 aromatic heterocycles. The molecule has 1 nitrogen and oxygen atoms in total. The highest BCUT2D eigenvalue weighted by atomic mass is 35.5. The zero-order chi connectivity index (χ0) is 17.6. The van der Waals surface area contributed by atoms with Crippen LogP contribution in [0.4, 0.5) is 4.39 Å². The molecule has 1 aliphatic carbocycles. The van der Waals surface area contributed by atoms with E-state index in [0.29, 0.717) is 5.92 Å². The van der Waals surface area contributed by atoms with Gasteiger partial charge in [0.1, 0.15) is 5.82 Å². The van der Waals surface area contributed by atoms with Gasteiger partial charge < -0.3 is 0 Å². The van der Waals surface area contributed by atoms with Crippen molar-refractivity contribution in [1.82, 2.24) is 4.98 Å². The molecule has 1 saturated carbocycles. The van der Waals surface area contributed by atoms with Gasteiger partial charge in [-0.05, 0) is 55.9 Å². The first kappa shape index (κ1) is 18.0. The first-order chi connectivity index (χ1) is 12.2. The Balaban J connectivity index is 1.63. The Hall–Kier alpha value is -1.85. The minimum atomic E-state index is -0.427. The number of pyridine rings is 1. The van der Waals surface area contributed by atoms with E-state index in [4.69, 9.17) is 11.6 Å². The zero-order valence-corrected chi connectivity index (χ0v) is 15.3. The molecule has 1 heterocycles. The summed E-state index contributed by atoms with van der Waals surface area (Å²) >= 11 is 5.72. The number of halogens is 2. The molecule has 2 aromatic rings. The topological polar surface area (TPSA) is 12.9 Å². The summed E-state index contributed by atoms with van der Waals surface area (Å²) in [4.78, 5) is 4.41. The molecule has 0 spiro atoms. The third-order valence-corrected chi connectivity index (χ3v) is 5.25. The maximum atomic E-state index is 13.6. The van der Waals surface area contributed by atoms with E-state index >= 15 is 0 Å². The summed E-state index contributed by atoms with van der Waals surface area (Å²) in [5, 5.41) is 0.125. The Morgan fingerprint density at radius 3 is 2.60 bits per heavy atom. The average molecular weight is 356 g/mol. The molecular weight excluding hydrogens is 333 g/mol. The molecule has 0 unspecified atom stereocenters. The minimum absolute atomic E-state index is 0.125. The van der Waals surface area contributed by atoms with Crippen LogP contribution in [0.3, 0.4) is 0 Å². The molecule has 25 heavy (non-hydrogen) atoms. The number of benzene rings is 1. The number of hydrogen-bond acceptors (Lipinski definition) is 1. The van der Waals surface area contributed by atoms with Gasteiger partial charge >= 0.3 is 0 Å². The van der Waals surface area contributed by atoms with Gasteiger partial charge in [-0.3, -0.25) is 4.98 Å². The van der Waals surface area contributed by atoms with Crippen molar-refractivity contribution in [3.8, 4) is 23.1 Å². The van der Waals surface area contributed by atoms with E-state index in [9.17, 15) is 4.39 Å². The summed E-state index contributed by atoms with van der Waals surface area (Å²) in [6.45, 7) is 2.26. The Morgan fingerprint density at radius 1 is 1.16 bits per heavy atom. The van der Waals surface area contributed by atoms with Crippen molar-refractivity contribution in [2.45, 2.75) is 45.4 Å². The Kier molecular flexibility index (Phi) is 6.10. The highest BCUT2D eigenvalue weighted by molar-refractivity contribution is 6.30. The van der Waals surface area contributed by atoms with Crippen molar-refractivity contribution in [2.24, 2.45) is 11.8 Å². The smallest absolute Gasteiger partial charge is 0.142 e. The van der Waals surface area contributed by atoms with Gasteiger partial charge in [0, 0.05) is 23.2 Å². The lowest BCUT2D eigenvalue weighted by Crippen LogP contribution is -2.13. The standard InChI is InChI=1S/C22H23ClFN/c1-2-3-16-4-6-17(7-5-16)8-9-18-10-13-22(25-15-18)19-11-12-20(23)21(24)14-19/h10-17H,2-7H2,1H3. The SMILES string of the molecule is CCCC1CCC(C#Cc2ccc(-c3ccc(Cl)c(F)c3)nc2)CC1. The highest BCUT2D eigenvalue weighted by Crippen LogP contribution is 2.31. The van der Waals surface area contributed by atoms with Gasteiger partial charge in [0.2, 0.25) is 0 Å². The lowest BCUT2D eigenvalue weighted by Gasteiger charge is -2.25. The number of hydrogen-bond donors (Lipinski definition) is 0. The average Bonchev–Trinajstić information content (AvgIpc) is 2.64. The molecule has 0 N–H and O–H groups in total. The molecule has 3 rings (SSSR count). The van der Waals surface area contributed by atoms with Crippen molar-refractivity contribution >= 4 is 11.6 Å². The molecule has 0 radical (unpaired) electrons. The van der Waals surface area contributed by atoms with Crippen LogP contribution >= 0.6 is 11.6 Å². The van der Waals surface area contributed by atoms with Gasteiger partial charge in [-0.1, -0.05) is 49.3 Å². The Morgan fingerprint density at radius 2 is 1.96 bits per heavy atom. The molecule has 3 heteroatoms. The van der Waals surface area contributed by atoms with Crippen LogP contribution < -0.4 is 0 Å². The second-order valence-corrected chi connectivity index (χ2v) is 7.24. The van der Waals surface area contributed by atoms with E-state index in [1.807, 2.05) is 12.1 Å². The molecule has 130 valence electrons. The molecule has 1 aromatic carbocycles.